The molecule has 1 saturated carbocycles. The zero-order valence-corrected chi connectivity index (χ0v) is 16.1. The summed E-state index contributed by atoms with van der Waals surface area (Å²) in [5, 5.41) is 16.8. The van der Waals surface area contributed by atoms with Crippen LogP contribution in [-0.2, 0) is 11.4 Å². The van der Waals surface area contributed by atoms with E-state index in [0.29, 0.717) is 12.4 Å². The van der Waals surface area contributed by atoms with E-state index in [-0.39, 0.29) is 23.8 Å². The Labute approximate surface area is 166 Å². The highest BCUT2D eigenvalue weighted by atomic mass is 16.5. The van der Waals surface area contributed by atoms with Crippen molar-refractivity contribution in [1.29, 1.82) is 0 Å². The molecular weight excluding hydrogens is 352 g/mol. The summed E-state index contributed by atoms with van der Waals surface area (Å²) in [6.45, 7) is 2.71. The van der Waals surface area contributed by atoms with Gasteiger partial charge in [0.1, 0.15) is 12.4 Å². The van der Waals surface area contributed by atoms with Crippen LogP contribution in [0.3, 0.4) is 0 Å². The molecule has 0 radical (unpaired) electrons. The minimum atomic E-state index is -0.744. The van der Waals surface area contributed by atoms with Crippen LogP contribution in [0.4, 0.5) is 0 Å². The first-order chi connectivity index (χ1) is 13.7. The van der Waals surface area contributed by atoms with Crippen LogP contribution in [0.2, 0.25) is 0 Å². The highest BCUT2D eigenvalue weighted by Crippen LogP contribution is 2.58. The lowest BCUT2D eigenvalue weighted by atomic mass is 9.92. The van der Waals surface area contributed by atoms with Gasteiger partial charge in [0, 0.05) is 12.5 Å². The van der Waals surface area contributed by atoms with E-state index in [2.05, 4.69) is 10.6 Å². The van der Waals surface area contributed by atoms with Crippen molar-refractivity contribution in [3.63, 3.8) is 0 Å². The zero-order chi connectivity index (χ0) is 19.4. The predicted molar refractivity (Wildman–Crippen MR) is 108 cm³/mol. The molecule has 2 atom stereocenters. The number of benzene rings is 2. The van der Waals surface area contributed by atoms with Gasteiger partial charge in [-0.05, 0) is 61.0 Å². The first kappa shape index (κ1) is 19.0. The Kier molecular flexibility index (Phi) is 5.64. The van der Waals surface area contributed by atoms with Gasteiger partial charge < -0.3 is 20.5 Å². The largest absolute Gasteiger partial charge is 0.489 e. The van der Waals surface area contributed by atoms with Crippen molar-refractivity contribution in [2.75, 3.05) is 19.6 Å². The Balaban J connectivity index is 1.27. The molecule has 1 heterocycles. The van der Waals surface area contributed by atoms with Crippen LogP contribution < -0.4 is 15.4 Å². The molecule has 0 bridgehead atoms. The number of hydrogen-bond acceptors (Lipinski definition) is 4. The van der Waals surface area contributed by atoms with E-state index in [1.807, 2.05) is 54.6 Å². The van der Waals surface area contributed by atoms with Crippen molar-refractivity contribution < 1.29 is 14.6 Å². The standard InChI is InChI=1S/C23H28N2O3/c26-21(15-25-22(27)20-14-23(20)9-11-24-12-10-23)18-7-4-8-19(13-18)28-16-17-5-2-1-3-6-17/h1-8,13,20-21,24,26H,9-12,14-16H2,(H,25,27). The maximum Gasteiger partial charge on any atom is 0.223 e. The molecular formula is C23H28N2O3. The Morgan fingerprint density at radius 1 is 1.18 bits per heavy atom. The first-order valence-corrected chi connectivity index (χ1v) is 10.1. The second kappa shape index (κ2) is 8.33. The van der Waals surface area contributed by atoms with E-state index in [1.54, 1.807) is 0 Å². The third-order valence-corrected chi connectivity index (χ3v) is 6.07. The molecule has 1 aliphatic carbocycles. The van der Waals surface area contributed by atoms with Crippen LogP contribution in [-0.4, -0.2) is 30.6 Å². The first-order valence-electron chi connectivity index (χ1n) is 10.1. The molecule has 2 aliphatic rings. The maximum absolute atomic E-state index is 12.5. The summed E-state index contributed by atoms with van der Waals surface area (Å²) in [5.41, 5.74) is 2.06. The molecule has 1 spiro atoms. The van der Waals surface area contributed by atoms with Crippen molar-refractivity contribution in [2.24, 2.45) is 11.3 Å². The average molecular weight is 380 g/mol. The molecule has 28 heavy (non-hydrogen) atoms. The maximum atomic E-state index is 12.5. The topological polar surface area (TPSA) is 70.6 Å². The van der Waals surface area contributed by atoms with E-state index >= 15 is 0 Å². The van der Waals surface area contributed by atoms with Gasteiger partial charge >= 0.3 is 0 Å². The van der Waals surface area contributed by atoms with Gasteiger partial charge in [-0.3, -0.25) is 4.79 Å². The number of hydrogen-bond donors (Lipinski definition) is 3. The van der Waals surface area contributed by atoms with Crippen molar-refractivity contribution in [1.82, 2.24) is 10.6 Å². The lowest BCUT2D eigenvalue weighted by Gasteiger charge is -2.23. The van der Waals surface area contributed by atoms with Gasteiger partial charge in [0.25, 0.3) is 0 Å². The molecule has 1 amide bonds. The highest BCUT2D eigenvalue weighted by molar-refractivity contribution is 5.82. The number of carbonyl (C=O) groups is 1. The minimum Gasteiger partial charge on any atom is -0.489 e. The summed E-state index contributed by atoms with van der Waals surface area (Å²) < 4.78 is 5.83. The molecule has 4 rings (SSSR count). The van der Waals surface area contributed by atoms with Gasteiger partial charge in [-0.1, -0.05) is 42.5 Å². The number of aliphatic hydroxyl groups is 1. The Bertz CT molecular complexity index is 803. The third-order valence-electron chi connectivity index (χ3n) is 6.07. The summed E-state index contributed by atoms with van der Waals surface area (Å²) >= 11 is 0. The number of ether oxygens (including phenoxy) is 1. The monoisotopic (exact) mass is 380 g/mol. The fourth-order valence-corrected chi connectivity index (χ4v) is 4.19. The molecule has 1 aliphatic heterocycles. The number of nitrogens with one attached hydrogen (secondary N) is 2. The molecule has 2 aromatic rings. The van der Waals surface area contributed by atoms with Gasteiger partial charge in [-0.15, -0.1) is 0 Å². The third kappa shape index (κ3) is 4.37. The van der Waals surface area contributed by atoms with Crippen LogP contribution in [0.1, 0.15) is 36.5 Å². The second-order valence-electron chi connectivity index (χ2n) is 7.98. The number of rotatable bonds is 7. The summed E-state index contributed by atoms with van der Waals surface area (Å²) in [5.74, 6) is 0.905. The van der Waals surface area contributed by atoms with Gasteiger partial charge in [0.05, 0.1) is 6.10 Å². The van der Waals surface area contributed by atoms with Gasteiger partial charge in [-0.25, -0.2) is 0 Å². The molecule has 148 valence electrons. The molecule has 1 saturated heterocycles. The molecule has 5 nitrogen and oxygen atoms in total. The molecule has 2 aromatic carbocycles. The molecule has 3 N–H and O–H groups in total. The van der Waals surface area contributed by atoms with Crippen LogP contribution in [0.5, 0.6) is 5.75 Å². The van der Waals surface area contributed by atoms with E-state index in [1.165, 1.54) is 0 Å². The zero-order valence-electron chi connectivity index (χ0n) is 16.1. The highest BCUT2D eigenvalue weighted by Gasteiger charge is 2.57. The smallest absolute Gasteiger partial charge is 0.223 e. The second-order valence-corrected chi connectivity index (χ2v) is 7.98. The van der Waals surface area contributed by atoms with E-state index in [0.717, 1.165) is 43.5 Å². The van der Waals surface area contributed by atoms with Crippen molar-refractivity contribution >= 4 is 5.91 Å². The number of aliphatic hydroxyl groups excluding tert-OH is 1. The van der Waals surface area contributed by atoms with Crippen LogP contribution in [0, 0.1) is 11.3 Å². The number of carbonyl (C=O) groups excluding carboxylic acids is 1. The van der Waals surface area contributed by atoms with Crippen molar-refractivity contribution in [3.05, 3.63) is 65.7 Å². The average Bonchev–Trinajstić information content (AvgIpc) is 3.44. The van der Waals surface area contributed by atoms with Crippen LogP contribution in [0.25, 0.3) is 0 Å². The summed E-state index contributed by atoms with van der Waals surface area (Å²) in [4.78, 5) is 12.5. The fraction of sp³-hybridized carbons (Fsp3) is 0.435. The van der Waals surface area contributed by atoms with Gasteiger partial charge in [0.15, 0.2) is 0 Å². The lowest BCUT2D eigenvalue weighted by Crippen LogP contribution is -2.35. The predicted octanol–water partition coefficient (Wildman–Crippen LogP) is 2.80. The summed E-state index contributed by atoms with van der Waals surface area (Å²) in [6.07, 6.45) is 2.40. The van der Waals surface area contributed by atoms with E-state index in [9.17, 15) is 9.90 Å². The van der Waals surface area contributed by atoms with Gasteiger partial charge in [-0.2, -0.15) is 0 Å². The van der Waals surface area contributed by atoms with E-state index < -0.39 is 6.10 Å². The quantitative estimate of drug-likeness (QED) is 0.691. The van der Waals surface area contributed by atoms with Crippen molar-refractivity contribution in [3.8, 4) is 5.75 Å². The normalized spacial score (nSPS) is 21.1. The summed E-state index contributed by atoms with van der Waals surface area (Å²) in [6, 6.07) is 17.4. The fourth-order valence-electron chi connectivity index (χ4n) is 4.19. The van der Waals surface area contributed by atoms with Crippen molar-refractivity contribution in [2.45, 2.75) is 32.0 Å². The Hall–Kier alpha value is -2.37. The number of piperidine rings is 1. The molecule has 2 fully saturated rings. The minimum absolute atomic E-state index is 0.0810. The molecule has 2 unspecified atom stereocenters. The summed E-state index contributed by atoms with van der Waals surface area (Å²) in [7, 11) is 0. The van der Waals surface area contributed by atoms with E-state index in [4.69, 9.17) is 4.74 Å². The van der Waals surface area contributed by atoms with Crippen LogP contribution in [0.15, 0.2) is 54.6 Å². The van der Waals surface area contributed by atoms with Gasteiger partial charge in [0.2, 0.25) is 5.91 Å². The number of amides is 1. The Morgan fingerprint density at radius 2 is 1.96 bits per heavy atom. The molecule has 0 aromatic heterocycles. The molecule has 5 heteroatoms. The Morgan fingerprint density at radius 3 is 2.75 bits per heavy atom. The SMILES string of the molecule is O=C(NCC(O)c1cccc(OCc2ccccc2)c1)C1CC12CCNCC2. The van der Waals surface area contributed by atoms with Crippen LogP contribution >= 0.6 is 0 Å². The lowest BCUT2D eigenvalue weighted by molar-refractivity contribution is -0.123.